The summed E-state index contributed by atoms with van der Waals surface area (Å²) in [6.45, 7) is 0.602. The van der Waals surface area contributed by atoms with Gasteiger partial charge in [0.1, 0.15) is 0 Å². The molecule has 0 radical (unpaired) electrons. The topological polar surface area (TPSA) is 20.3 Å². The summed E-state index contributed by atoms with van der Waals surface area (Å²) in [6.07, 6.45) is 3.36. The molecular weight excluding hydrogens is 337 g/mol. The van der Waals surface area contributed by atoms with E-state index in [9.17, 15) is 4.79 Å². The number of amides is 1. The van der Waals surface area contributed by atoms with Crippen LogP contribution in [0.4, 0.5) is 0 Å². The van der Waals surface area contributed by atoms with Crippen molar-refractivity contribution in [3.05, 3.63) is 33.3 Å². The zero-order chi connectivity index (χ0) is 13.1. The van der Waals surface area contributed by atoms with Gasteiger partial charge in [-0.1, -0.05) is 11.6 Å². The van der Waals surface area contributed by atoms with Crippen LogP contribution in [0.15, 0.2) is 22.7 Å². The van der Waals surface area contributed by atoms with Crippen molar-refractivity contribution in [3.63, 3.8) is 0 Å². The van der Waals surface area contributed by atoms with Crippen LogP contribution < -0.4 is 0 Å². The number of benzene rings is 1. The molecule has 0 spiro atoms. The molecule has 1 aliphatic carbocycles. The predicted octanol–water partition coefficient (Wildman–Crippen LogP) is 4.34. The van der Waals surface area contributed by atoms with E-state index in [2.05, 4.69) is 15.9 Å². The summed E-state index contributed by atoms with van der Waals surface area (Å²) in [5, 5.41) is 0.610. The highest BCUT2D eigenvalue weighted by molar-refractivity contribution is 9.10. The lowest BCUT2D eigenvalue weighted by atomic mass is 9.91. The molecule has 0 aromatic heterocycles. The molecule has 1 aromatic carbocycles. The average molecular weight is 351 g/mol. The fraction of sp³-hybridized carbons (Fsp3) is 0.462. The second-order valence-electron chi connectivity index (χ2n) is 4.40. The third kappa shape index (κ3) is 3.01. The number of hydrogen-bond acceptors (Lipinski definition) is 1. The molecule has 0 atom stereocenters. The first kappa shape index (κ1) is 14.2. The first-order chi connectivity index (χ1) is 8.63. The zero-order valence-corrected chi connectivity index (χ0v) is 12.9. The molecule has 0 unspecified atom stereocenters. The lowest BCUT2D eigenvalue weighted by Crippen LogP contribution is -2.45. The minimum absolute atomic E-state index is 0.0396. The van der Waals surface area contributed by atoms with Crippen molar-refractivity contribution in [2.24, 2.45) is 0 Å². The van der Waals surface area contributed by atoms with Gasteiger partial charge in [0.2, 0.25) is 0 Å². The fourth-order valence-corrected chi connectivity index (χ4v) is 2.71. The molecule has 2 rings (SSSR count). The first-order valence-electron chi connectivity index (χ1n) is 5.95. The Labute approximate surface area is 125 Å². The van der Waals surface area contributed by atoms with Crippen LogP contribution in [0.5, 0.6) is 0 Å². The van der Waals surface area contributed by atoms with E-state index in [1.54, 1.807) is 18.2 Å². The van der Waals surface area contributed by atoms with Crippen molar-refractivity contribution >= 4 is 45.0 Å². The van der Waals surface area contributed by atoms with Crippen LogP contribution in [0.25, 0.3) is 0 Å². The highest BCUT2D eigenvalue weighted by Crippen LogP contribution is 2.28. The first-order valence-corrected chi connectivity index (χ1v) is 7.66. The second kappa shape index (κ2) is 6.27. The van der Waals surface area contributed by atoms with Gasteiger partial charge in [0, 0.05) is 28.5 Å². The molecule has 0 heterocycles. The predicted molar refractivity (Wildman–Crippen MR) is 78.5 cm³/mol. The standard InChI is InChI=1S/C13H14BrCl2NO/c14-11-8-9(4-5-12(11)16)13(18)17(7-6-15)10-2-1-3-10/h4-5,8,10H,1-3,6-7H2. The fourth-order valence-electron chi connectivity index (χ4n) is 2.03. The number of halogens is 3. The second-order valence-corrected chi connectivity index (χ2v) is 6.04. The van der Waals surface area contributed by atoms with Crippen molar-refractivity contribution in [3.8, 4) is 0 Å². The molecule has 0 saturated heterocycles. The highest BCUT2D eigenvalue weighted by atomic mass is 79.9. The van der Waals surface area contributed by atoms with Gasteiger partial charge >= 0.3 is 0 Å². The van der Waals surface area contributed by atoms with Gasteiger partial charge in [-0.05, 0) is 53.4 Å². The molecule has 5 heteroatoms. The maximum absolute atomic E-state index is 12.4. The molecule has 2 nitrogen and oxygen atoms in total. The summed E-state index contributed by atoms with van der Waals surface area (Å²) in [5.74, 6) is 0.509. The summed E-state index contributed by atoms with van der Waals surface area (Å²) >= 11 is 15.1. The van der Waals surface area contributed by atoms with Gasteiger partial charge < -0.3 is 4.90 Å². The van der Waals surface area contributed by atoms with E-state index in [-0.39, 0.29) is 5.91 Å². The molecule has 1 aromatic rings. The van der Waals surface area contributed by atoms with Crippen molar-refractivity contribution in [1.29, 1.82) is 0 Å². The minimum Gasteiger partial charge on any atom is -0.334 e. The Hall–Kier alpha value is -0.250. The Balaban J connectivity index is 2.18. The zero-order valence-electron chi connectivity index (χ0n) is 9.83. The average Bonchev–Trinajstić information content (AvgIpc) is 2.29. The molecule has 1 aliphatic rings. The highest BCUT2D eigenvalue weighted by Gasteiger charge is 2.29. The smallest absolute Gasteiger partial charge is 0.254 e. The van der Waals surface area contributed by atoms with Gasteiger partial charge in [-0.2, -0.15) is 0 Å². The molecule has 1 fully saturated rings. The Morgan fingerprint density at radius 1 is 1.44 bits per heavy atom. The Morgan fingerprint density at radius 2 is 2.17 bits per heavy atom. The van der Waals surface area contributed by atoms with E-state index in [1.165, 1.54) is 6.42 Å². The van der Waals surface area contributed by atoms with Gasteiger partial charge in [0.15, 0.2) is 0 Å². The van der Waals surface area contributed by atoms with Crippen LogP contribution >= 0.6 is 39.1 Å². The third-order valence-corrected chi connectivity index (χ3v) is 4.65. The van der Waals surface area contributed by atoms with Gasteiger partial charge in [-0.3, -0.25) is 4.79 Å². The van der Waals surface area contributed by atoms with Crippen molar-refractivity contribution < 1.29 is 4.79 Å². The number of carbonyl (C=O) groups is 1. The number of nitrogens with zero attached hydrogens (tertiary/aromatic N) is 1. The lowest BCUT2D eigenvalue weighted by Gasteiger charge is -2.37. The summed E-state index contributed by atoms with van der Waals surface area (Å²) in [4.78, 5) is 14.3. The molecule has 0 N–H and O–H groups in total. The third-order valence-electron chi connectivity index (χ3n) is 3.27. The quantitative estimate of drug-likeness (QED) is 0.740. The minimum atomic E-state index is 0.0396. The number of hydrogen-bond donors (Lipinski definition) is 0. The van der Waals surface area contributed by atoms with Crippen LogP contribution in [0, 0.1) is 0 Å². The van der Waals surface area contributed by atoms with Crippen molar-refractivity contribution in [2.75, 3.05) is 12.4 Å². The normalized spacial score (nSPS) is 15.3. The van der Waals surface area contributed by atoms with Crippen LogP contribution in [-0.2, 0) is 0 Å². The van der Waals surface area contributed by atoms with Gasteiger partial charge in [0.25, 0.3) is 5.91 Å². The SMILES string of the molecule is O=C(c1ccc(Cl)c(Br)c1)N(CCCl)C1CCC1. The van der Waals surface area contributed by atoms with Crippen molar-refractivity contribution in [2.45, 2.75) is 25.3 Å². The van der Waals surface area contributed by atoms with E-state index in [0.29, 0.717) is 29.1 Å². The van der Waals surface area contributed by atoms with E-state index >= 15 is 0 Å². The monoisotopic (exact) mass is 349 g/mol. The molecule has 1 amide bonds. The molecule has 98 valence electrons. The summed E-state index contributed by atoms with van der Waals surface area (Å²) < 4.78 is 0.745. The number of alkyl halides is 1. The maximum atomic E-state index is 12.4. The van der Waals surface area contributed by atoms with E-state index in [1.807, 2.05) is 4.90 Å². The molecule has 0 aliphatic heterocycles. The molecule has 1 saturated carbocycles. The van der Waals surface area contributed by atoms with Crippen LogP contribution in [0.1, 0.15) is 29.6 Å². The van der Waals surface area contributed by atoms with Gasteiger partial charge in [0.05, 0.1) is 5.02 Å². The van der Waals surface area contributed by atoms with E-state index in [0.717, 1.165) is 17.3 Å². The number of carbonyl (C=O) groups excluding carboxylic acids is 1. The number of rotatable bonds is 4. The maximum Gasteiger partial charge on any atom is 0.254 e. The Kier molecular flexibility index (Phi) is 4.93. The van der Waals surface area contributed by atoms with E-state index in [4.69, 9.17) is 23.2 Å². The van der Waals surface area contributed by atoms with Gasteiger partial charge in [-0.25, -0.2) is 0 Å². The molecule has 0 bridgehead atoms. The molecular formula is C13H14BrCl2NO. The lowest BCUT2D eigenvalue weighted by molar-refractivity contribution is 0.0598. The summed E-state index contributed by atoms with van der Waals surface area (Å²) in [6, 6.07) is 5.61. The largest absolute Gasteiger partial charge is 0.334 e. The van der Waals surface area contributed by atoms with Crippen LogP contribution in [0.2, 0.25) is 5.02 Å². The summed E-state index contributed by atoms with van der Waals surface area (Å²) in [5.41, 5.74) is 0.656. The van der Waals surface area contributed by atoms with Crippen LogP contribution in [0.3, 0.4) is 0 Å². The van der Waals surface area contributed by atoms with Gasteiger partial charge in [-0.15, -0.1) is 11.6 Å². The molecule has 18 heavy (non-hydrogen) atoms. The van der Waals surface area contributed by atoms with Crippen LogP contribution in [-0.4, -0.2) is 29.3 Å². The van der Waals surface area contributed by atoms with E-state index < -0.39 is 0 Å². The Morgan fingerprint density at radius 3 is 2.67 bits per heavy atom. The Bertz CT molecular complexity index is 449. The van der Waals surface area contributed by atoms with Crippen molar-refractivity contribution in [1.82, 2.24) is 4.90 Å². The summed E-state index contributed by atoms with van der Waals surface area (Å²) in [7, 11) is 0.